The molecule has 0 aromatic carbocycles. The maximum absolute atomic E-state index is 10.7. The van der Waals surface area contributed by atoms with Gasteiger partial charge < -0.3 is 9.80 Å². The minimum atomic E-state index is -4.17. The zero-order valence-corrected chi connectivity index (χ0v) is 9.74. The van der Waals surface area contributed by atoms with Crippen molar-refractivity contribution < 1.29 is 13.0 Å². The van der Waals surface area contributed by atoms with E-state index in [4.69, 9.17) is 4.55 Å². The van der Waals surface area contributed by atoms with E-state index in [-0.39, 0.29) is 0 Å². The molecule has 1 unspecified atom stereocenters. The summed E-state index contributed by atoms with van der Waals surface area (Å²) in [6.07, 6.45) is 5.05. The molecule has 0 bridgehead atoms. The molecule has 15 heavy (non-hydrogen) atoms. The molecule has 0 saturated heterocycles. The lowest BCUT2D eigenvalue weighted by Crippen LogP contribution is -2.50. The van der Waals surface area contributed by atoms with Gasteiger partial charge in [-0.2, -0.15) is 13.1 Å². The number of nitrogens with zero attached hydrogens (tertiary/aromatic N) is 2. The highest BCUT2D eigenvalue weighted by molar-refractivity contribution is 7.83. The Balaban J connectivity index is 2.59. The van der Waals surface area contributed by atoms with E-state index in [1.807, 2.05) is 4.90 Å². The van der Waals surface area contributed by atoms with Gasteiger partial charge in [0.2, 0.25) is 0 Å². The highest BCUT2D eigenvalue weighted by Crippen LogP contribution is 2.12. The first-order chi connectivity index (χ1) is 6.94. The van der Waals surface area contributed by atoms with E-state index < -0.39 is 16.6 Å². The van der Waals surface area contributed by atoms with E-state index in [9.17, 15) is 8.42 Å². The average molecular weight is 235 g/mol. The minimum absolute atomic E-state index is 0.522. The summed E-state index contributed by atoms with van der Waals surface area (Å²) in [5.74, 6) is 0. The average Bonchev–Trinajstić information content (AvgIpc) is 2.43. The number of unbranched alkanes of at least 4 members (excludes halogenated alkanes) is 1. The molecule has 1 rings (SSSR count). The van der Waals surface area contributed by atoms with Gasteiger partial charge in [0, 0.05) is 26.0 Å². The lowest BCUT2D eigenvalue weighted by Gasteiger charge is -2.29. The molecule has 0 aromatic heterocycles. The van der Waals surface area contributed by atoms with Crippen LogP contribution in [0.5, 0.6) is 0 Å². The first-order valence-corrected chi connectivity index (χ1v) is 6.29. The largest absolute Gasteiger partial charge is 0.346 e. The van der Waals surface area contributed by atoms with Crippen molar-refractivity contribution in [1.29, 1.82) is 0 Å². The van der Waals surface area contributed by atoms with Gasteiger partial charge in [0.1, 0.15) is 0 Å². The van der Waals surface area contributed by atoms with Crippen molar-refractivity contribution in [3.63, 3.8) is 0 Å². The molecule has 88 valence electrons. The fraction of sp³-hybridized carbons (Fsp3) is 0.750. The molecule has 7 heteroatoms. The van der Waals surface area contributed by atoms with E-state index in [2.05, 4.69) is 11.6 Å². The monoisotopic (exact) mass is 235 g/mol. The Bertz CT molecular complexity index is 328. The predicted molar refractivity (Wildman–Crippen MR) is 57.0 cm³/mol. The Labute approximate surface area is 90.4 Å². The van der Waals surface area contributed by atoms with Gasteiger partial charge in [-0.1, -0.05) is 13.3 Å². The molecular formula is C8H17N3O3S. The summed E-state index contributed by atoms with van der Waals surface area (Å²) in [6.45, 7) is 2.82. The molecule has 6 nitrogen and oxygen atoms in total. The zero-order chi connectivity index (χ0) is 11.5. The van der Waals surface area contributed by atoms with Crippen LogP contribution in [0.3, 0.4) is 0 Å². The van der Waals surface area contributed by atoms with Crippen molar-refractivity contribution in [2.24, 2.45) is 0 Å². The smallest absolute Gasteiger partial charge is 0.336 e. The summed E-state index contributed by atoms with van der Waals surface area (Å²) in [7, 11) is -2.43. The van der Waals surface area contributed by atoms with E-state index in [1.165, 1.54) is 0 Å². The lowest BCUT2D eigenvalue weighted by molar-refractivity contribution is 0.159. The van der Waals surface area contributed by atoms with Gasteiger partial charge in [-0.25, -0.2) is 0 Å². The van der Waals surface area contributed by atoms with Gasteiger partial charge in [-0.3, -0.25) is 4.55 Å². The van der Waals surface area contributed by atoms with Crippen LogP contribution >= 0.6 is 0 Å². The summed E-state index contributed by atoms with van der Waals surface area (Å²) >= 11 is 0. The van der Waals surface area contributed by atoms with Gasteiger partial charge in [0.05, 0.1) is 0 Å². The van der Waals surface area contributed by atoms with Crippen molar-refractivity contribution in [1.82, 2.24) is 14.5 Å². The molecule has 2 N–H and O–H groups in total. The van der Waals surface area contributed by atoms with Gasteiger partial charge in [-0.05, 0) is 6.42 Å². The van der Waals surface area contributed by atoms with Gasteiger partial charge in [-0.15, -0.1) is 0 Å². The molecule has 0 fully saturated rings. The Kier molecular flexibility index (Phi) is 3.95. The summed E-state index contributed by atoms with van der Waals surface area (Å²) < 4.78 is 32.3. The molecule has 0 saturated carbocycles. The third-order valence-corrected chi connectivity index (χ3v) is 2.73. The van der Waals surface area contributed by atoms with Crippen LogP contribution in [-0.2, 0) is 10.3 Å². The third-order valence-electron chi connectivity index (χ3n) is 2.22. The zero-order valence-electron chi connectivity index (χ0n) is 8.92. The van der Waals surface area contributed by atoms with Crippen LogP contribution < -0.4 is 4.72 Å². The second-order valence-electron chi connectivity index (χ2n) is 3.52. The quantitative estimate of drug-likeness (QED) is 0.665. The maximum Gasteiger partial charge on any atom is 0.336 e. The SMILES string of the molecule is CCCCN1C=CN(C)C1NS(=O)(=O)O. The lowest BCUT2D eigenvalue weighted by atomic mass is 10.3. The van der Waals surface area contributed by atoms with Crippen LogP contribution in [0, 0.1) is 0 Å². The predicted octanol–water partition coefficient (Wildman–Crippen LogP) is 0.181. The summed E-state index contributed by atoms with van der Waals surface area (Å²) in [6, 6.07) is 0. The molecule has 0 spiro atoms. The fourth-order valence-electron chi connectivity index (χ4n) is 1.41. The second kappa shape index (κ2) is 4.82. The first-order valence-electron chi connectivity index (χ1n) is 4.85. The third kappa shape index (κ3) is 3.69. The highest BCUT2D eigenvalue weighted by Gasteiger charge is 2.26. The van der Waals surface area contributed by atoms with Crippen LogP contribution in [0.4, 0.5) is 0 Å². The normalized spacial score (nSPS) is 21.4. The van der Waals surface area contributed by atoms with Crippen LogP contribution in [0.1, 0.15) is 19.8 Å². The standard InChI is InChI=1S/C8H17N3O3S/c1-3-4-5-11-7-6-10(2)8(11)9-15(12,13)14/h6-9H,3-5H2,1-2H3,(H,12,13,14). The number of hydrogen-bond donors (Lipinski definition) is 2. The van der Waals surface area contributed by atoms with Crippen LogP contribution in [0.15, 0.2) is 12.4 Å². The van der Waals surface area contributed by atoms with Crippen molar-refractivity contribution in [3.8, 4) is 0 Å². The molecule has 1 aliphatic rings. The van der Waals surface area contributed by atoms with E-state index in [0.29, 0.717) is 0 Å². The molecule has 0 amide bonds. The molecule has 1 heterocycles. The molecule has 0 radical (unpaired) electrons. The molecule has 1 atom stereocenters. The van der Waals surface area contributed by atoms with Crippen molar-refractivity contribution in [2.45, 2.75) is 26.1 Å². The summed E-state index contributed by atoms with van der Waals surface area (Å²) in [5, 5.41) is 0. The second-order valence-corrected chi connectivity index (χ2v) is 4.71. The molecular weight excluding hydrogens is 218 g/mol. The van der Waals surface area contributed by atoms with Crippen LogP contribution in [0.25, 0.3) is 0 Å². The van der Waals surface area contributed by atoms with Crippen molar-refractivity contribution in [3.05, 3.63) is 12.4 Å². The fourth-order valence-corrected chi connectivity index (χ4v) is 1.98. The van der Waals surface area contributed by atoms with Crippen molar-refractivity contribution in [2.75, 3.05) is 13.6 Å². The molecule has 0 aromatic rings. The molecule has 1 aliphatic heterocycles. The van der Waals surface area contributed by atoms with Gasteiger partial charge >= 0.3 is 10.3 Å². The Hall–Kier alpha value is -0.790. The van der Waals surface area contributed by atoms with E-state index in [0.717, 1.165) is 19.4 Å². The van der Waals surface area contributed by atoms with Crippen LogP contribution in [-0.4, -0.2) is 42.7 Å². The van der Waals surface area contributed by atoms with E-state index in [1.54, 1.807) is 24.3 Å². The highest BCUT2D eigenvalue weighted by atomic mass is 32.2. The van der Waals surface area contributed by atoms with Gasteiger partial charge in [0.15, 0.2) is 6.29 Å². The van der Waals surface area contributed by atoms with E-state index >= 15 is 0 Å². The Morgan fingerprint density at radius 2 is 2.13 bits per heavy atom. The Morgan fingerprint density at radius 3 is 2.67 bits per heavy atom. The molecule has 0 aliphatic carbocycles. The number of hydrogen-bond acceptors (Lipinski definition) is 4. The summed E-state index contributed by atoms with van der Waals surface area (Å²) in [4.78, 5) is 3.51. The number of rotatable bonds is 5. The topological polar surface area (TPSA) is 72.9 Å². The van der Waals surface area contributed by atoms with Gasteiger partial charge in [0.25, 0.3) is 0 Å². The van der Waals surface area contributed by atoms with Crippen LogP contribution in [0.2, 0.25) is 0 Å². The number of nitrogens with one attached hydrogen (secondary N) is 1. The Morgan fingerprint density at radius 1 is 1.47 bits per heavy atom. The minimum Gasteiger partial charge on any atom is -0.346 e. The summed E-state index contributed by atoms with van der Waals surface area (Å²) in [5.41, 5.74) is 0. The maximum atomic E-state index is 10.7. The van der Waals surface area contributed by atoms with Crippen molar-refractivity contribution >= 4 is 10.3 Å². The first kappa shape index (κ1) is 12.3.